The molecule has 1 aromatic carbocycles. The first kappa shape index (κ1) is 12.7. The monoisotopic (exact) mass is 244 g/mol. The van der Waals surface area contributed by atoms with Crippen molar-refractivity contribution in [2.45, 2.75) is 18.1 Å². The van der Waals surface area contributed by atoms with E-state index in [-0.39, 0.29) is 12.0 Å². The molecular weight excluding hydrogens is 232 g/mol. The minimum atomic E-state index is -4.73. The largest absolute Gasteiger partial charge is 0.480 e. The Morgan fingerprint density at radius 3 is 2.12 bits per heavy atom. The molecule has 0 amide bonds. The lowest BCUT2D eigenvalue weighted by atomic mass is 9.95. The first-order chi connectivity index (χ1) is 7.36. The molecule has 0 aromatic heterocycles. The van der Waals surface area contributed by atoms with Gasteiger partial charge < -0.3 is 5.11 Å². The third-order valence-corrected chi connectivity index (χ3v) is 4.10. The van der Waals surface area contributed by atoms with Crippen LogP contribution in [0.4, 0.5) is 0 Å². The van der Waals surface area contributed by atoms with E-state index in [1.807, 2.05) is 0 Å². The highest BCUT2D eigenvalue weighted by Gasteiger charge is 2.50. The summed E-state index contributed by atoms with van der Waals surface area (Å²) >= 11 is 0. The molecule has 0 fully saturated rings. The van der Waals surface area contributed by atoms with Crippen LogP contribution in [0.3, 0.4) is 0 Å². The van der Waals surface area contributed by atoms with Gasteiger partial charge in [-0.2, -0.15) is 8.42 Å². The van der Waals surface area contributed by atoms with Crippen molar-refractivity contribution in [3.05, 3.63) is 35.9 Å². The van der Waals surface area contributed by atoms with Crippen molar-refractivity contribution in [3.63, 3.8) is 0 Å². The van der Waals surface area contributed by atoms with Crippen molar-refractivity contribution in [3.8, 4) is 0 Å². The number of carboxylic acids is 1. The molecule has 0 bridgehead atoms. The summed E-state index contributed by atoms with van der Waals surface area (Å²) in [5.74, 6) is -1.58. The molecule has 6 heteroatoms. The zero-order chi connectivity index (χ0) is 12.4. The Morgan fingerprint density at radius 2 is 1.81 bits per heavy atom. The third-order valence-electron chi connectivity index (χ3n) is 2.52. The van der Waals surface area contributed by atoms with E-state index in [9.17, 15) is 13.2 Å². The summed E-state index contributed by atoms with van der Waals surface area (Å²) in [5.41, 5.74) is 0.0486. The molecule has 0 heterocycles. The van der Waals surface area contributed by atoms with Crippen LogP contribution in [0.1, 0.15) is 18.9 Å². The van der Waals surface area contributed by atoms with Gasteiger partial charge in [0, 0.05) is 0 Å². The molecule has 2 N–H and O–H groups in total. The van der Waals surface area contributed by atoms with Crippen LogP contribution >= 0.6 is 0 Å². The summed E-state index contributed by atoms with van der Waals surface area (Å²) < 4.78 is 29.5. The van der Waals surface area contributed by atoms with Gasteiger partial charge in [-0.3, -0.25) is 9.35 Å². The van der Waals surface area contributed by atoms with Gasteiger partial charge in [-0.05, 0) is 12.0 Å². The zero-order valence-corrected chi connectivity index (χ0v) is 9.44. The summed E-state index contributed by atoms with van der Waals surface area (Å²) in [7, 11) is -4.73. The number of carboxylic acid groups (broad SMARTS) is 1. The summed E-state index contributed by atoms with van der Waals surface area (Å²) in [4.78, 5) is 11.2. The first-order valence-electron chi connectivity index (χ1n) is 4.62. The van der Waals surface area contributed by atoms with Gasteiger partial charge in [0.25, 0.3) is 10.1 Å². The molecule has 1 aromatic rings. The van der Waals surface area contributed by atoms with Crippen molar-refractivity contribution >= 4 is 16.1 Å². The number of carbonyl (C=O) groups is 1. The number of aliphatic carboxylic acids is 1. The highest BCUT2D eigenvalue weighted by atomic mass is 32.2. The highest BCUT2D eigenvalue weighted by molar-refractivity contribution is 7.87. The normalized spacial score (nSPS) is 15.4. The Bertz CT molecular complexity index is 479. The molecule has 88 valence electrons. The molecule has 0 aliphatic rings. The second-order valence-corrected chi connectivity index (χ2v) is 4.97. The van der Waals surface area contributed by atoms with Crippen LogP contribution in [0.2, 0.25) is 0 Å². The van der Waals surface area contributed by atoms with E-state index in [2.05, 4.69) is 0 Å². The fourth-order valence-electron chi connectivity index (χ4n) is 1.63. The van der Waals surface area contributed by atoms with E-state index < -0.39 is 20.8 Å². The Balaban J connectivity index is 3.55. The fourth-order valence-corrected chi connectivity index (χ4v) is 2.65. The summed E-state index contributed by atoms with van der Waals surface area (Å²) in [5, 5.41) is 9.07. The Hall–Kier alpha value is -1.40. The molecule has 1 atom stereocenters. The van der Waals surface area contributed by atoms with Gasteiger partial charge in [-0.25, -0.2) is 0 Å². The van der Waals surface area contributed by atoms with Gasteiger partial charge in [0.15, 0.2) is 0 Å². The van der Waals surface area contributed by atoms with Crippen LogP contribution in [-0.2, 0) is 19.7 Å². The van der Waals surface area contributed by atoms with E-state index in [0.717, 1.165) is 0 Å². The predicted octanol–water partition coefficient (Wildman–Crippen LogP) is 1.26. The predicted molar refractivity (Wildman–Crippen MR) is 57.6 cm³/mol. The van der Waals surface area contributed by atoms with Crippen molar-refractivity contribution in [2.24, 2.45) is 0 Å². The summed E-state index contributed by atoms with van der Waals surface area (Å²) in [6.07, 6.45) is -0.245. The lowest BCUT2D eigenvalue weighted by Crippen LogP contribution is -2.42. The van der Waals surface area contributed by atoms with E-state index in [1.165, 1.54) is 31.2 Å². The third kappa shape index (κ3) is 1.81. The molecule has 5 nitrogen and oxygen atoms in total. The van der Waals surface area contributed by atoms with Crippen molar-refractivity contribution < 1.29 is 22.9 Å². The van der Waals surface area contributed by atoms with Crippen LogP contribution in [0.5, 0.6) is 0 Å². The molecule has 1 rings (SSSR count). The zero-order valence-electron chi connectivity index (χ0n) is 8.62. The Morgan fingerprint density at radius 1 is 1.31 bits per heavy atom. The van der Waals surface area contributed by atoms with Crippen molar-refractivity contribution in [1.82, 2.24) is 0 Å². The van der Waals surface area contributed by atoms with E-state index in [1.54, 1.807) is 6.07 Å². The number of rotatable bonds is 4. The lowest BCUT2D eigenvalue weighted by Gasteiger charge is -2.24. The van der Waals surface area contributed by atoms with Crippen LogP contribution in [0, 0.1) is 0 Å². The second-order valence-electron chi connectivity index (χ2n) is 3.33. The van der Waals surface area contributed by atoms with Gasteiger partial charge in [0.2, 0.25) is 4.75 Å². The number of hydrogen-bond acceptors (Lipinski definition) is 3. The van der Waals surface area contributed by atoms with Gasteiger partial charge in [0.05, 0.1) is 0 Å². The van der Waals surface area contributed by atoms with E-state index in [0.29, 0.717) is 0 Å². The first-order valence-corrected chi connectivity index (χ1v) is 6.06. The van der Waals surface area contributed by atoms with Gasteiger partial charge in [-0.15, -0.1) is 0 Å². The van der Waals surface area contributed by atoms with Gasteiger partial charge in [0.1, 0.15) is 0 Å². The van der Waals surface area contributed by atoms with E-state index in [4.69, 9.17) is 9.66 Å². The topological polar surface area (TPSA) is 91.7 Å². The molecule has 0 saturated heterocycles. The average Bonchev–Trinajstić information content (AvgIpc) is 2.18. The average molecular weight is 244 g/mol. The lowest BCUT2D eigenvalue weighted by molar-refractivity contribution is -0.140. The Labute approximate surface area is 93.5 Å². The van der Waals surface area contributed by atoms with Crippen molar-refractivity contribution in [1.29, 1.82) is 0 Å². The number of hydrogen-bond donors (Lipinski definition) is 2. The van der Waals surface area contributed by atoms with Crippen molar-refractivity contribution in [2.75, 3.05) is 0 Å². The minimum Gasteiger partial charge on any atom is -0.480 e. The molecule has 0 spiro atoms. The van der Waals surface area contributed by atoms with Crippen LogP contribution in [0.25, 0.3) is 0 Å². The molecule has 0 aliphatic carbocycles. The Kier molecular flexibility index (Phi) is 3.35. The van der Waals surface area contributed by atoms with Gasteiger partial charge >= 0.3 is 5.97 Å². The fraction of sp³-hybridized carbons (Fsp3) is 0.300. The van der Waals surface area contributed by atoms with Gasteiger partial charge in [-0.1, -0.05) is 37.3 Å². The maximum Gasteiger partial charge on any atom is 0.332 e. The molecular formula is C10H12O5S. The molecule has 0 aliphatic heterocycles. The molecule has 1 unspecified atom stereocenters. The summed E-state index contributed by atoms with van der Waals surface area (Å²) in [6.45, 7) is 1.40. The standard InChI is InChI=1S/C10H12O5S/c1-2-10(9(11)12,16(13,14)15)8-6-4-3-5-7-8/h3-7H,2H2,1H3,(H,11,12)(H,13,14,15). The minimum absolute atomic E-state index is 0.0486. The van der Waals surface area contributed by atoms with Crippen LogP contribution in [0.15, 0.2) is 30.3 Å². The van der Waals surface area contributed by atoms with E-state index >= 15 is 0 Å². The van der Waals surface area contributed by atoms with Crippen LogP contribution in [-0.4, -0.2) is 24.0 Å². The quantitative estimate of drug-likeness (QED) is 0.778. The maximum atomic E-state index is 11.3. The van der Waals surface area contributed by atoms with Crippen LogP contribution < -0.4 is 0 Å². The molecule has 0 saturated carbocycles. The SMILES string of the molecule is CCC(C(=O)O)(c1ccccc1)S(=O)(=O)O. The second kappa shape index (κ2) is 4.23. The molecule has 16 heavy (non-hydrogen) atoms. The summed E-state index contributed by atoms with van der Waals surface area (Å²) in [6, 6.07) is 7.41. The smallest absolute Gasteiger partial charge is 0.332 e. The number of benzene rings is 1. The highest BCUT2D eigenvalue weighted by Crippen LogP contribution is 2.33. The maximum absolute atomic E-state index is 11.3. The molecule has 0 radical (unpaired) electrons.